The highest BCUT2D eigenvalue weighted by molar-refractivity contribution is 4.87. The molecule has 6 heteroatoms. The molecular weight excluding hydrogens is 223 g/mol. The van der Waals surface area contributed by atoms with Gasteiger partial charge in [0.1, 0.15) is 0 Å². The van der Waals surface area contributed by atoms with Crippen molar-refractivity contribution >= 4 is 0 Å². The third-order valence-corrected chi connectivity index (χ3v) is 3.08. The van der Waals surface area contributed by atoms with Gasteiger partial charge in [0.25, 0.3) is 0 Å². The zero-order valence-corrected chi connectivity index (χ0v) is 9.00. The van der Waals surface area contributed by atoms with E-state index < -0.39 is 24.2 Å². The summed E-state index contributed by atoms with van der Waals surface area (Å²) in [4.78, 5) is 0. The Labute approximate surface area is 92.7 Å². The van der Waals surface area contributed by atoms with Crippen LogP contribution < -0.4 is 5.32 Å². The first kappa shape index (κ1) is 13.7. The Morgan fingerprint density at radius 1 is 1.12 bits per heavy atom. The van der Waals surface area contributed by atoms with Gasteiger partial charge in [-0.25, -0.2) is 0 Å². The molecule has 0 aromatic heterocycles. The number of aliphatic hydroxyl groups excluding tert-OH is 2. The van der Waals surface area contributed by atoms with Crippen LogP contribution in [0.1, 0.15) is 25.7 Å². The molecule has 0 heterocycles. The first-order valence-corrected chi connectivity index (χ1v) is 5.53. The lowest BCUT2D eigenvalue weighted by Crippen LogP contribution is -2.51. The zero-order valence-electron chi connectivity index (χ0n) is 9.00. The molecule has 0 spiro atoms. The number of aliphatic hydroxyl groups is 2. The van der Waals surface area contributed by atoms with Gasteiger partial charge in [-0.2, -0.15) is 13.2 Å². The van der Waals surface area contributed by atoms with E-state index in [4.69, 9.17) is 10.2 Å². The van der Waals surface area contributed by atoms with Crippen LogP contribution in [0.2, 0.25) is 0 Å². The van der Waals surface area contributed by atoms with E-state index in [0.29, 0.717) is 12.8 Å². The number of hydrogen-bond acceptors (Lipinski definition) is 3. The largest absolute Gasteiger partial charge is 0.395 e. The Kier molecular flexibility index (Phi) is 5.01. The lowest BCUT2D eigenvalue weighted by molar-refractivity contribution is -0.190. The summed E-state index contributed by atoms with van der Waals surface area (Å²) in [6, 6.07) is -1.34. The summed E-state index contributed by atoms with van der Waals surface area (Å²) < 4.78 is 38.1. The third-order valence-electron chi connectivity index (χ3n) is 3.08. The van der Waals surface area contributed by atoms with Crippen LogP contribution in [0.4, 0.5) is 13.2 Å². The van der Waals surface area contributed by atoms with E-state index in [2.05, 4.69) is 5.32 Å². The van der Waals surface area contributed by atoms with Gasteiger partial charge in [-0.15, -0.1) is 0 Å². The molecule has 16 heavy (non-hydrogen) atoms. The molecule has 1 saturated carbocycles. The smallest absolute Gasteiger partial charge is 0.393 e. The van der Waals surface area contributed by atoms with Crippen LogP contribution in [0.3, 0.4) is 0 Å². The molecule has 0 saturated heterocycles. The molecule has 0 amide bonds. The Hall–Kier alpha value is -0.330. The maximum Gasteiger partial charge on any atom is 0.393 e. The molecule has 2 atom stereocenters. The van der Waals surface area contributed by atoms with Gasteiger partial charge in [0, 0.05) is 6.04 Å². The molecule has 0 bridgehead atoms. The Bertz CT molecular complexity index is 207. The van der Waals surface area contributed by atoms with Gasteiger partial charge >= 0.3 is 6.18 Å². The van der Waals surface area contributed by atoms with Crippen LogP contribution in [-0.4, -0.2) is 41.7 Å². The van der Waals surface area contributed by atoms with Crippen molar-refractivity contribution in [2.24, 2.45) is 5.92 Å². The van der Waals surface area contributed by atoms with E-state index in [1.807, 2.05) is 0 Å². The Balaban J connectivity index is 2.60. The summed E-state index contributed by atoms with van der Waals surface area (Å²) >= 11 is 0. The maximum atomic E-state index is 12.7. The molecule has 1 aliphatic rings. The average molecular weight is 241 g/mol. The zero-order chi connectivity index (χ0) is 12.2. The van der Waals surface area contributed by atoms with Crippen LogP contribution in [-0.2, 0) is 0 Å². The van der Waals surface area contributed by atoms with Gasteiger partial charge in [-0.05, 0) is 12.8 Å². The topological polar surface area (TPSA) is 52.5 Å². The minimum absolute atomic E-state index is 0.130. The number of hydrogen-bond donors (Lipinski definition) is 3. The van der Waals surface area contributed by atoms with Gasteiger partial charge in [0.15, 0.2) is 0 Å². The number of rotatable bonds is 4. The summed E-state index contributed by atoms with van der Waals surface area (Å²) in [7, 11) is 0. The van der Waals surface area contributed by atoms with Gasteiger partial charge < -0.3 is 15.5 Å². The average Bonchev–Trinajstić information content (AvgIpc) is 2.25. The number of alkyl halides is 3. The molecule has 1 rings (SSSR count). The van der Waals surface area contributed by atoms with Crippen molar-refractivity contribution in [3.8, 4) is 0 Å². The van der Waals surface area contributed by atoms with Crippen molar-refractivity contribution < 1.29 is 23.4 Å². The highest BCUT2D eigenvalue weighted by atomic mass is 19.4. The third kappa shape index (κ3) is 3.61. The molecular formula is C10H18F3NO2. The molecule has 0 radical (unpaired) electrons. The van der Waals surface area contributed by atoms with Crippen LogP contribution in [0.15, 0.2) is 0 Å². The van der Waals surface area contributed by atoms with E-state index in [1.54, 1.807) is 0 Å². The minimum Gasteiger partial charge on any atom is -0.395 e. The molecule has 2 unspecified atom stereocenters. The lowest BCUT2D eigenvalue weighted by Gasteiger charge is -2.35. The second kappa shape index (κ2) is 5.84. The van der Waals surface area contributed by atoms with E-state index in [0.717, 1.165) is 6.42 Å². The fourth-order valence-corrected chi connectivity index (χ4v) is 2.19. The SMILES string of the molecule is OCC(CO)NC1CCCCC1C(F)(F)F. The van der Waals surface area contributed by atoms with E-state index in [9.17, 15) is 13.2 Å². The summed E-state index contributed by atoms with van der Waals surface area (Å²) in [5, 5.41) is 20.4. The van der Waals surface area contributed by atoms with E-state index in [1.165, 1.54) is 0 Å². The van der Waals surface area contributed by atoms with Gasteiger partial charge in [0.05, 0.1) is 25.2 Å². The molecule has 96 valence electrons. The quantitative estimate of drug-likeness (QED) is 0.689. The van der Waals surface area contributed by atoms with Crippen LogP contribution in [0.25, 0.3) is 0 Å². The summed E-state index contributed by atoms with van der Waals surface area (Å²) in [6.45, 7) is -0.699. The standard InChI is InChI=1S/C10H18F3NO2/c11-10(12,13)8-3-1-2-4-9(8)14-7(5-15)6-16/h7-9,14-16H,1-6H2. The molecule has 0 aliphatic heterocycles. The van der Waals surface area contributed by atoms with Crippen molar-refractivity contribution in [1.29, 1.82) is 0 Å². The summed E-state index contributed by atoms with van der Waals surface area (Å²) in [5.74, 6) is -1.36. The highest BCUT2D eigenvalue weighted by Gasteiger charge is 2.45. The van der Waals surface area contributed by atoms with Gasteiger partial charge in [-0.1, -0.05) is 12.8 Å². The first-order valence-electron chi connectivity index (χ1n) is 5.53. The minimum atomic E-state index is -4.20. The van der Waals surface area contributed by atoms with Crippen molar-refractivity contribution in [2.45, 2.75) is 43.9 Å². The molecule has 1 fully saturated rings. The Morgan fingerprint density at radius 2 is 1.69 bits per heavy atom. The molecule has 0 aromatic rings. The monoisotopic (exact) mass is 241 g/mol. The molecule has 1 aliphatic carbocycles. The van der Waals surface area contributed by atoms with Crippen LogP contribution in [0, 0.1) is 5.92 Å². The fourth-order valence-electron chi connectivity index (χ4n) is 2.19. The van der Waals surface area contributed by atoms with E-state index >= 15 is 0 Å². The van der Waals surface area contributed by atoms with Crippen LogP contribution in [0.5, 0.6) is 0 Å². The summed E-state index contributed by atoms with van der Waals surface area (Å²) in [5.41, 5.74) is 0. The fraction of sp³-hybridized carbons (Fsp3) is 1.00. The van der Waals surface area contributed by atoms with E-state index in [-0.39, 0.29) is 19.6 Å². The van der Waals surface area contributed by atoms with Crippen molar-refractivity contribution in [3.63, 3.8) is 0 Å². The second-order valence-electron chi connectivity index (χ2n) is 4.27. The van der Waals surface area contributed by atoms with Crippen molar-refractivity contribution in [2.75, 3.05) is 13.2 Å². The number of nitrogens with one attached hydrogen (secondary N) is 1. The Morgan fingerprint density at radius 3 is 2.19 bits per heavy atom. The summed E-state index contributed by atoms with van der Waals surface area (Å²) in [6.07, 6.45) is -2.28. The lowest BCUT2D eigenvalue weighted by atomic mass is 9.83. The number of halogens is 3. The molecule has 0 aromatic carbocycles. The van der Waals surface area contributed by atoms with Crippen LogP contribution >= 0.6 is 0 Å². The van der Waals surface area contributed by atoms with Gasteiger partial charge in [0.2, 0.25) is 0 Å². The van der Waals surface area contributed by atoms with Crippen molar-refractivity contribution in [1.82, 2.24) is 5.32 Å². The van der Waals surface area contributed by atoms with Crippen molar-refractivity contribution in [3.05, 3.63) is 0 Å². The highest BCUT2D eigenvalue weighted by Crippen LogP contribution is 2.37. The molecule has 3 nitrogen and oxygen atoms in total. The normalized spacial score (nSPS) is 27.4. The molecule has 3 N–H and O–H groups in total. The predicted molar refractivity (Wildman–Crippen MR) is 52.9 cm³/mol. The van der Waals surface area contributed by atoms with Gasteiger partial charge in [-0.3, -0.25) is 0 Å². The first-order chi connectivity index (χ1) is 7.49. The predicted octanol–water partition coefficient (Wildman–Crippen LogP) is 1.05. The second-order valence-corrected chi connectivity index (χ2v) is 4.27. The maximum absolute atomic E-state index is 12.7.